The van der Waals surface area contributed by atoms with E-state index in [0.29, 0.717) is 33.2 Å². The lowest BCUT2D eigenvalue weighted by Gasteiger charge is -2.20. The van der Waals surface area contributed by atoms with Gasteiger partial charge in [-0.25, -0.2) is 14.6 Å². The number of aromatic nitrogens is 7. The summed E-state index contributed by atoms with van der Waals surface area (Å²) >= 11 is 12.2. The first-order chi connectivity index (χ1) is 19.4. The molecule has 12 heteroatoms. The Balaban J connectivity index is 1.37. The molecule has 3 aromatic heterocycles. The van der Waals surface area contributed by atoms with Crippen LogP contribution in [0.2, 0.25) is 10.2 Å². The summed E-state index contributed by atoms with van der Waals surface area (Å²) in [6.45, 7) is 0. The molecular weight excluding hydrogens is 551 g/mol. The number of halogens is 2. The van der Waals surface area contributed by atoms with Gasteiger partial charge in [0.2, 0.25) is 5.91 Å². The molecule has 0 bridgehead atoms. The molecule has 0 spiro atoms. The normalized spacial score (nSPS) is 11.9. The number of benzene rings is 3. The van der Waals surface area contributed by atoms with Gasteiger partial charge in [-0.05, 0) is 42.0 Å². The van der Waals surface area contributed by atoms with Crippen molar-refractivity contribution in [3.8, 4) is 16.9 Å². The average Bonchev–Trinajstić information content (AvgIpc) is 3.61. The van der Waals surface area contributed by atoms with Crippen molar-refractivity contribution in [1.29, 1.82) is 0 Å². The van der Waals surface area contributed by atoms with Gasteiger partial charge < -0.3 is 10.3 Å². The van der Waals surface area contributed by atoms with Gasteiger partial charge in [0.15, 0.2) is 5.15 Å². The van der Waals surface area contributed by atoms with Gasteiger partial charge in [0.25, 0.3) is 5.56 Å². The molecule has 3 heterocycles. The minimum atomic E-state index is -0.876. The second-order valence-electron chi connectivity index (χ2n) is 9.00. The first-order valence-electron chi connectivity index (χ1n) is 12.2. The fraction of sp³-hybridized carbons (Fsp3) is 0.0714. The van der Waals surface area contributed by atoms with Crippen LogP contribution in [0.15, 0.2) is 96.4 Å². The number of amides is 1. The van der Waals surface area contributed by atoms with Gasteiger partial charge >= 0.3 is 0 Å². The molecule has 6 aromatic rings. The zero-order chi connectivity index (χ0) is 27.6. The van der Waals surface area contributed by atoms with E-state index in [2.05, 4.69) is 30.6 Å². The smallest absolute Gasteiger partial charge is 0.254 e. The topological polar surface area (TPSA) is 123 Å². The Kier molecular flexibility index (Phi) is 6.85. The summed E-state index contributed by atoms with van der Waals surface area (Å²) in [4.78, 5) is 38.9. The van der Waals surface area contributed by atoms with Crippen LogP contribution in [-0.4, -0.2) is 40.4 Å². The molecular formula is C28H20Cl2N8O2. The minimum absolute atomic E-state index is 0.213. The molecule has 0 aliphatic carbocycles. The first kappa shape index (κ1) is 25.5. The molecule has 6 rings (SSSR count). The van der Waals surface area contributed by atoms with Crippen molar-refractivity contribution in [3.63, 3.8) is 0 Å². The lowest BCUT2D eigenvalue weighted by atomic mass is 10.0. The quantitative estimate of drug-likeness (QED) is 0.275. The third kappa shape index (κ3) is 5.22. The van der Waals surface area contributed by atoms with Crippen LogP contribution in [0, 0.1) is 0 Å². The molecule has 0 aliphatic heterocycles. The predicted octanol–water partition coefficient (Wildman–Crippen LogP) is 5.10. The zero-order valence-electron chi connectivity index (χ0n) is 20.7. The lowest BCUT2D eigenvalue weighted by Crippen LogP contribution is -2.34. The van der Waals surface area contributed by atoms with Crippen LogP contribution < -0.4 is 10.9 Å². The highest BCUT2D eigenvalue weighted by Crippen LogP contribution is 2.28. The van der Waals surface area contributed by atoms with Crippen LogP contribution in [0.1, 0.15) is 11.6 Å². The number of hydrogen-bond donors (Lipinski definition) is 2. The van der Waals surface area contributed by atoms with Gasteiger partial charge in [-0.1, -0.05) is 58.7 Å². The Morgan fingerprint density at radius 3 is 2.62 bits per heavy atom. The average molecular weight is 571 g/mol. The van der Waals surface area contributed by atoms with Crippen molar-refractivity contribution in [3.05, 3.63) is 118 Å². The third-order valence-electron chi connectivity index (χ3n) is 6.38. The minimum Gasteiger partial charge on any atom is -0.345 e. The maximum Gasteiger partial charge on any atom is 0.254 e. The first-order valence-corrected chi connectivity index (χ1v) is 12.9. The second kappa shape index (κ2) is 10.8. The van der Waals surface area contributed by atoms with Crippen LogP contribution in [0.25, 0.3) is 28.0 Å². The number of aromatic amines is 1. The van der Waals surface area contributed by atoms with Gasteiger partial charge in [-0.3, -0.25) is 14.2 Å². The highest BCUT2D eigenvalue weighted by atomic mass is 35.5. The number of H-pyrrole nitrogens is 1. The molecule has 0 saturated heterocycles. The van der Waals surface area contributed by atoms with Crippen molar-refractivity contribution >= 4 is 45.8 Å². The standard InChI is InChI=1S/C28H20Cl2N8O2/c29-18-6-9-24(38-14-26(30)35-36-38)20(11-18)22-13-27(39)37(16-33-22)25(10-17-4-2-1-3-5-17)28(40)34-19-7-8-21-23(12-19)32-15-31-21/h1-9,11-16,25H,10H2,(H,31,32)(H,34,40). The third-order valence-corrected chi connectivity index (χ3v) is 6.79. The van der Waals surface area contributed by atoms with E-state index in [0.717, 1.165) is 11.1 Å². The van der Waals surface area contributed by atoms with Gasteiger partial charge in [-0.2, -0.15) is 0 Å². The highest BCUT2D eigenvalue weighted by molar-refractivity contribution is 6.31. The fourth-order valence-corrected chi connectivity index (χ4v) is 4.75. The van der Waals surface area contributed by atoms with Crippen molar-refractivity contribution in [2.24, 2.45) is 0 Å². The Labute approximate surface area is 237 Å². The Morgan fingerprint density at radius 2 is 1.85 bits per heavy atom. The van der Waals surface area contributed by atoms with E-state index in [4.69, 9.17) is 23.2 Å². The van der Waals surface area contributed by atoms with Crippen molar-refractivity contribution in [1.82, 2.24) is 34.5 Å². The molecule has 0 saturated carbocycles. The zero-order valence-corrected chi connectivity index (χ0v) is 22.2. The number of nitrogens with one attached hydrogen (secondary N) is 2. The van der Waals surface area contributed by atoms with E-state index in [1.807, 2.05) is 36.4 Å². The van der Waals surface area contributed by atoms with Gasteiger partial charge in [-0.15, -0.1) is 5.10 Å². The molecule has 3 aromatic carbocycles. The molecule has 10 nitrogen and oxygen atoms in total. The van der Waals surface area contributed by atoms with Crippen LogP contribution in [0.5, 0.6) is 0 Å². The summed E-state index contributed by atoms with van der Waals surface area (Å²) in [6.07, 6.45) is 4.78. The molecule has 2 N–H and O–H groups in total. The summed E-state index contributed by atoms with van der Waals surface area (Å²) in [5.74, 6) is -0.365. The van der Waals surface area contributed by atoms with Gasteiger partial charge in [0.05, 0.1) is 41.3 Å². The number of carbonyl (C=O) groups is 1. The van der Waals surface area contributed by atoms with Crippen LogP contribution in [0.4, 0.5) is 5.69 Å². The maximum absolute atomic E-state index is 13.6. The number of hydrogen-bond acceptors (Lipinski definition) is 6. The monoisotopic (exact) mass is 570 g/mol. The number of imidazole rings is 1. The Morgan fingerprint density at radius 1 is 1.00 bits per heavy atom. The predicted molar refractivity (Wildman–Crippen MR) is 153 cm³/mol. The molecule has 198 valence electrons. The molecule has 0 aliphatic rings. The van der Waals surface area contributed by atoms with E-state index < -0.39 is 11.6 Å². The largest absolute Gasteiger partial charge is 0.345 e. The summed E-state index contributed by atoms with van der Waals surface area (Å²) in [5, 5.41) is 11.4. The highest BCUT2D eigenvalue weighted by Gasteiger charge is 2.24. The molecule has 40 heavy (non-hydrogen) atoms. The van der Waals surface area contributed by atoms with E-state index in [1.165, 1.54) is 27.8 Å². The van der Waals surface area contributed by atoms with E-state index in [1.54, 1.807) is 36.7 Å². The summed E-state index contributed by atoms with van der Waals surface area (Å²) < 4.78 is 2.80. The van der Waals surface area contributed by atoms with E-state index in [9.17, 15) is 9.59 Å². The number of fused-ring (bicyclic) bond motifs is 1. The number of rotatable bonds is 7. The van der Waals surface area contributed by atoms with Crippen molar-refractivity contribution < 1.29 is 4.79 Å². The van der Waals surface area contributed by atoms with E-state index in [-0.39, 0.29) is 17.5 Å². The summed E-state index contributed by atoms with van der Waals surface area (Å²) in [6, 6.07) is 20.5. The maximum atomic E-state index is 13.6. The molecule has 1 amide bonds. The summed E-state index contributed by atoms with van der Waals surface area (Å²) in [5.41, 5.74) is 4.10. The SMILES string of the molecule is O=C(Nc1ccc2[nH]cnc2c1)C(Cc1ccccc1)n1cnc(-c2cc(Cl)ccc2-n2cc(Cl)nn2)cc1=O. The second-order valence-corrected chi connectivity index (χ2v) is 9.82. The fourth-order valence-electron chi connectivity index (χ4n) is 4.46. The number of carbonyl (C=O) groups excluding carboxylic acids is 1. The Bertz CT molecular complexity index is 1900. The molecule has 0 radical (unpaired) electrons. The van der Waals surface area contributed by atoms with Crippen LogP contribution >= 0.6 is 23.2 Å². The van der Waals surface area contributed by atoms with Crippen LogP contribution in [0.3, 0.4) is 0 Å². The van der Waals surface area contributed by atoms with Crippen molar-refractivity contribution in [2.75, 3.05) is 5.32 Å². The van der Waals surface area contributed by atoms with E-state index >= 15 is 0 Å². The van der Waals surface area contributed by atoms with Crippen LogP contribution in [-0.2, 0) is 11.2 Å². The molecule has 0 fully saturated rings. The summed E-state index contributed by atoms with van der Waals surface area (Å²) in [7, 11) is 0. The molecule has 1 unspecified atom stereocenters. The Hall–Kier alpha value is -4.80. The molecule has 1 atom stereocenters. The van der Waals surface area contributed by atoms with Gasteiger partial charge in [0, 0.05) is 28.8 Å². The number of anilines is 1. The lowest BCUT2D eigenvalue weighted by molar-refractivity contribution is -0.119. The van der Waals surface area contributed by atoms with Crippen molar-refractivity contribution in [2.45, 2.75) is 12.5 Å². The van der Waals surface area contributed by atoms with Gasteiger partial charge in [0.1, 0.15) is 6.04 Å². The number of nitrogens with zero attached hydrogens (tertiary/aromatic N) is 6.